The van der Waals surface area contributed by atoms with Crippen molar-refractivity contribution in [2.75, 3.05) is 39.8 Å². The second-order valence-electron chi connectivity index (χ2n) is 7.53. The molecule has 152 valence electrons. The van der Waals surface area contributed by atoms with E-state index in [1.807, 2.05) is 19.1 Å². The number of aryl methyl sites for hydroxylation is 2. The number of nitrogens with zero attached hydrogens (tertiary/aromatic N) is 2. The van der Waals surface area contributed by atoms with Crippen molar-refractivity contribution in [3.05, 3.63) is 65.0 Å². The van der Waals surface area contributed by atoms with Crippen LogP contribution in [0.25, 0.3) is 0 Å². The Morgan fingerprint density at radius 1 is 1.04 bits per heavy atom. The molecule has 28 heavy (non-hydrogen) atoms. The van der Waals surface area contributed by atoms with Gasteiger partial charge in [0.2, 0.25) is 10.0 Å². The van der Waals surface area contributed by atoms with E-state index in [-0.39, 0.29) is 18.4 Å². The van der Waals surface area contributed by atoms with E-state index in [4.69, 9.17) is 0 Å². The van der Waals surface area contributed by atoms with Gasteiger partial charge in [-0.2, -0.15) is 0 Å². The zero-order valence-corrected chi connectivity index (χ0v) is 17.5. The molecule has 2 aromatic carbocycles. The lowest BCUT2D eigenvalue weighted by molar-refractivity contribution is 0.113. The monoisotopic (exact) mass is 405 g/mol. The fourth-order valence-electron chi connectivity index (χ4n) is 3.54. The van der Waals surface area contributed by atoms with Crippen molar-refractivity contribution in [3.8, 4) is 0 Å². The fraction of sp³-hybridized carbons (Fsp3) is 0.429. The molecule has 0 bridgehead atoms. The Balaban J connectivity index is 1.83. The second-order valence-corrected chi connectivity index (χ2v) is 9.26. The average Bonchev–Trinajstić information content (AvgIpc) is 2.66. The first-order valence-electron chi connectivity index (χ1n) is 9.51. The molecule has 1 fully saturated rings. The summed E-state index contributed by atoms with van der Waals surface area (Å²) in [5, 5.41) is 0. The smallest absolute Gasteiger partial charge is 0.240 e. The van der Waals surface area contributed by atoms with Crippen LogP contribution in [0, 0.1) is 19.7 Å². The van der Waals surface area contributed by atoms with E-state index in [0.29, 0.717) is 4.90 Å². The molecule has 3 rings (SSSR count). The number of nitrogens with one attached hydrogen (secondary N) is 1. The molecule has 0 aliphatic carbocycles. The highest BCUT2D eigenvalue weighted by Crippen LogP contribution is 2.23. The van der Waals surface area contributed by atoms with Crippen molar-refractivity contribution in [1.82, 2.24) is 14.5 Å². The van der Waals surface area contributed by atoms with Crippen LogP contribution >= 0.6 is 0 Å². The predicted molar refractivity (Wildman–Crippen MR) is 109 cm³/mol. The Morgan fingerprint density at radius 2 is 1.68 bits per heavy atom. The van der Waals surface area contributed by atoms with Crippen molar-refractivity contribution in [2.45, 2.75) is 24.8 Å². The van der Waals surface area contributed by atoms with Gasteiger partial charge in [-0.1, -0.05) is 24.3 Å². The van der Waals surface area contributed by atoms with Crippen molar-refractivity contribution < 1.29 is 12.8 Å². The molecule has 1 saturated heterocycles. The minimum atomic E-state index is -3.64. The third-order valence-corrected chi connectivity index (χ3v) is 6.90. The second kappa shape index (κ2) is 8.69. The number of rotatable bonds is 6. The van der Waals surface area contributed by atoms with Gasteiger partial charge in [-0.15, -0.1) is 0 Å². The lowest BCUT2D eigenvalue weighted by Gasteiger charge is -2.38. The average molecular weight is 406 g/mol. The maximum absolute atomic E-state index is 13.4. The molecule has 0 radical (unpaired) electrons. The van der Waals surface area contributed by atoms with Crippen molar-refractivity contribution >= 4 is 10.0 Å². The quantitative estimate of drug-likeness (QED) is 0.803. The lowest BCUT2D eigenvalue weighted by atomic mass is 10.0. The summed E-state index contributed by atoms with van der Waals surface area (Å²) in [5.41, 5.74) is 2.53. The molecule has 2 aromatic rings. The Morgan fingerprint density at radius 3 is 2.32 bits per heavy atom. The topological polar surface area (TPSA) is 52.7 Å². The molecule has 1 heterocycles. The standard InChI is InChI=1S/C21H28FN3O2S/c1-16-4-5-17(2)21(14-16)28(26,27)23-15-20(18-6-8-19(22)9-7-18)25-12-10-24(3)11-13-25/h4-9,14,20,23H,10-13,15H2,1-3H3. The van der Waals surface area contributed by atoms with Crippen LogP contribution in [0.3, 0.4) is 0 Å². The van der Waals surface area contributed by atoms with E-state index in [9.17, 15) is 12.8 Å². The van der Waals surface area contributed by atoms with Crippen LogP contribution in [0.5, 0.6) is 0 Å². The van der Waals surface area contributed by atoms with Gasteiger partial charge in [-0.3, -0.25) is 4.90 Å². The van der Waals surface area contributed by atoms with E-state index in [0.717, 1.165) is 42.9 Å². The van der Waals surface area contributed by atoms with Crippen molar-refractivity contribution in [1.29, 1.82) is 0 Å². The van der Waals surface area contributed by atoms with E-state index >= 15 is 0 Å². The Bertz CT molecular complexity index is 908. The van der Waals surface area contributed by atoms with Crippen LogP contribution in [0.1, 0.15) is 22.7 Å². The van der Waals surface area contributed by atoms with Crippen LogP contribution in [0.2, 0.25) is 0 Å². The summed E-state index contributed by atoms with van der Waals surface area (Å²) in [4.78, 5) is 4.82. The first kappa shape index (κ1) is 20.9. The number of benzene rings is 2. The predicted octanol–water partition coefficient (Wildman–Crippen LogP) is 2.71. The van der Waals surface area contributed by atoms with Crippen LogP contribution in [0.15, 0.2) is 47.4 Å². The molecule has 0 amide bonds. The summed E-state index contributed by atoms with van der Waals surface area (Å²) >= 11 is 0. The summed E-state index contributed by atoms with van der Waals surface area (Å²) in [6.07, 6.45) is 0. The first-order chi connectivity index (χ1) is 13.3. The summed E-state index contributed by atoms with van der Waals surface area (Å²) < 4.78 is 42.0. The zero-order chi connectivity index (χ0) is 20.3. The number of likely N-dealkylation sites (N-methyl/N-ethyl adjacent to an activating group) is 1. The van der Waals surface area contributed by atoms with Gasteiger partial charge >= 0.3 is 0 Å². The largest absolute Gasteiger partial charge is 0.304 e. The summed E-state index contributed by atoms with van der Waals surface area (Å²) in [7, 11) is -1.56. The number of hydrogen-bond donors (Lipinski definition) is 1. The number of halogens is 1. The minimum absolute atomic E-state index is 0.144. The van der Waals surface area contributed by atoms with Gasteiger partial charge in [-0.25, -0.2) is 17.5 Å². The van der Waals surface area contributed by atoms with Crippen LogP contribution in [0.4, 0.5) is 4.39 Å². The molecule has 1 N–H and O–H groups in total. The number of hydrogen-bond acceptors (Lipinski definition) is 4. The van der Waals surface area contributed by atoms with Gasteiger partial charge in [0.25, 0.3) is 0 Å². The molecule has 1 unspecified atom stereocenters. The fourth-order valence-corrected chi connectivity index (χ4v) is 4.91. The van der Waals surface area contributed by atoms with E-state index in [2.05, 4.69) is 21.6 Å². The molecular weight excluding hydrogens is 377 g/mol. The Kier molecular flexibility index (Phi) is 6.50. The van der Waals surface area contributed by atoms with Gasteiger partial charge in [0.15, 0.2) is 0 Å². The third kappa shape index (κ3) is 4.97. The summed E-state index contributed by atoms with van der Waals surface area (Å²) in [5.74, 6) is -0.295. The molecular formula is C21H28FN3O2S. The normalized spacial score (nSPS) is 17.6. The Labute approximate surface area is 167 Å². The molecule has 0 aromatic heterocycles. The molecule has 0 spiro atoms. The number of piperazine rings is 1. The zero-order valence-electron chi connectivity index (χ0n) is 16.7. The van der Waals surface area contributed by atoms with Crippen LogP contribution in [-0.4, -0.2) is 58.0 Å². The molecule has 1 aliphatic rings. The molecule has 0 saturated carbocycles. The maximum atomic E-state index is 13.4. The van der Waals surface area contributed by atoms with E-state index in [1.165, 1.54) is 12.1 Å². The highest BCUT2D eigenvalue weighted by atomic mass is 32.2. The molecule has 1 aliphatic heterocycles. The highest BCUT2D eigenvalue weighted by Gasteiger charge is 2.26. The highest BCUT2D eigenvalue weighted by molar-refractivity contribution is 7.89. The van der Waals surface area contributed by atoms with Crippen molar-refractivity contribution in [2.24, 2.45) is 0 Å². The first-order valence-corrected chi connectivity index (χ1v) is 11.0. The molecule has 1 atom stereocenters. The summed E-state index contributed by atoms with van der Waals surface area (Å²) in [6, 6.07) is 11.6. The van der Waals surface area contributed by atoms with E-state index in [1.54, 1.807) is 25.1 Å². The third-order valence-electron chi connectivity index (χ3n) is 5.33. The molecule has 7 heteroatoms. The van der Waals surface area contributed by atoms with Gasteiger partial charge in [0, 0.05) is 38.8 Å². The van der Waals surface area contributed by atoms with Gasteiger partial charge in [0.1, 0.15) is 5.82 Å². The number of sulfonamides is 1. The van der Waals surface area contributed by atoms with Crippen LogP contribution in [-0.2, 0) is 10.0 Å². The summed E-state index contributed by atoms with van der Waals surface area (Å²) in [6.45, 7) is 7.43. The van der Waals surface area contributed by atoms with Gasteiger partial charge in [0.05, 0.1) is 4.90 Å². The van der Waals surface area contributed by atoms with Crippen LogP contribution < -0.4 is 4.72 Å². The minimum Gasteiger partial charge on any atom is -0.304 e. The lowest BCUT2D eigenvalue weighted by Crippen LogP contribution is -2.48. The van der Waals surface area contributed by atoms with E-state index < -0.39 is 10.0 Å². The Hall–Kier alpha value is -1.80. The maximum Gasteiger partial charge on any atom is 0.240 e. The van der Waals surface area contributed by atoms with Crippen molar-refractivity contribution in [3.63, 3.8) is 0 Å². The van der Waals surface area contributed by atoms with Gasteiger partial charge < -0.3 is 4.90 Å². The van der Waals surface area contributed by atoms with Gasteiger partial charge in [-0.05, 0) is 55.8 Å². The molecule has 5 nitrogen and oxygen atoms in total. The SMILES string of the molecule is Cc1ccc(C)c(S(=O)(=O)NCC(c2ccc(F)cc2)N2CCN(C)CC2)c1.